The number of ether oxygens (including phenoxy) is 1. The van der Waals surface area contributed by atoms with Gasteiger partial charge in [-0.25, -0.2) is 15.0 Å². The number of hydrogen-bond acceptors (Lipinski definition) is 5. The van der Waals surface area contributed by atoms with E-state index < -0.39 is 0 Å². The molecule has 3 heterocycles. The van der Waals surface area contributed by atoms with Gasteiger partial charge in [0.1, 0.15) is 28.5 Å². The van der Waals surface area contributed by atoms with Crippen LogP contribution in [0.4, 0.5) is 5.82 Å². The highest BCUT2D eigenvalue weighted by Crippen LogP contribution is 2.30. The third kappa shape index (κ3) is 2.32. The second-order valence-corrected chi connectivity index (χ2v) is 4.94. The fourth-order valence-electron chi connectivity index (χ4n) is 2.20. The van der Waals surface area contributed by atoms with Crippen LogP contribution >= 0.6 is 11.6 Å². The van der Waals surface area contributed by atoms with E-state index in [1.807, 2.05) is 29.7 Å². The van der Waals surface area contributed by atoms with E-state index in [1.165, 1.54) is 0 Å². The summed E-state index contributed by atoms with van der Waals surface area (Å²) >= 11 is 5.99. The van der Waals surface area contributed by atoms with E-state index >= 15 is 0 Å². The lowest BCUT2D eigenvalue weighted by molar-refractivity contribution is 0.0647. The average Bonchev–Trinajstić information content (AvgIpc) is 2.85. The predicted octanol–water partition coefficient (Wildman–Crippen LogP) is 2.89. The van der Waals surface area contributed by atoms with Crippen molar-refractivity contribution in [1.82, 2.24) is 19.5 Å². The summed E-state index contributed by atoms with van der Waals surface area (Å²) in [6.45, 7) is 1.90. The van der Waals surface area contributed by atoms with Crippen molar-refractivity contribution in [3.05, 3.63) is 35.6 Å². The molecule has 0 radical (unpaired) electrons. The van der Waals surface area contributed by atoms with E-state index in [2.05, 4.69) is 15.0 Å². The first-order valence-corrected chi connectivity index (χ1v) is 6.77. The molecule has 3 rings (SSSR count). The van der Waals surface area contributed by atoms with Gasteiger partial charge in [-0.1, -0.05) is 11.6 Å². The molecule has 21 heavy (non-hydrogen) atoms. The molecular weight excluding hydrogens is 290 g/mol. The zero-order chi connectivity index (χ0) is 15.0. The van der Waals surface area contributed by atoms with Gasteiger partial charge in [0, 0.05) is 13.3 Å². The average molecular weight is 304 g/mol. The lowest BCUT2D eigenvalue weighted by atomic mass is 10.2. The normalized spacial score (nSPS) is 12.7. The maximum atomic E-state index is 5.99. The summed E-state index contributed by atoms with van der Waals surface area (Å²) in [5.74, 6) is 1.06. The van der Waals surface area contributed by atoms with Gasteiger partial charge in [0.2, 0.25) is 0 Å². The molecule has 0 fully saturated rings. The molecule has 3 aromatic heterocycles. The van der Waals surface area contributed by atoms with Crippen LogP contribution in [0.25, 0.3) is 22.6 Å². The first-order valence-electron chi connectivity index (χ1n) is 6.40. The fraction of sp³-hybridized carbons (Fsp3) is 0.214. The van der Waals surface area contributed by atoms with Crippen molar-refractivity contribution in [3.8, 4) is 11.4 Å². The molecule has 0 aliphatic carbocycles. The van der Waals surface area contributed by atoms with Gasteiger partial charge in [0.25, 0.3) is 0 Å². The summed E-state index contributed by atoms with van der Waals surface area (Å²) in [4.78, 5) is 13.0. The topological polar surface area (TPSA) is 78.9 Å². The van der Waals surface area contributed by atoms with Gasteiger partial charge in [-0.3, -0.25) is 4.57 Å². The number of imidazole rings is 1. The van der Waals surface area contributed by atoms with Crippen molar-refractivity contribution in [3.63, 3.8) is 0 Å². The van der Waals surface area contributed by atoms with Crippen molar-refractivity contribution in [2.45, 2.75) is 13.2 Å². The van der Waals surface area contributed by atoms with Crippen molar-refractivity contribution < 1.29 is 4.74 Å². The zero-order valence-corrected chi connectivity index (χ0v) is 12.4. The maximum Gasteiger partial charge on any atom is 0.164 e. The molecule has 1 unspecified atom stereocenters. The number of anilines is 1. The lowest BCUT2D eigenvalue weighted by Crippen LogP contribution is -2.10. The van der Waals surface area contributed by atoms with E-state index in [4.69, 9.17) is 22.1 Å². The highest BCUT2D eigenvalue weighted by atomic mass is 35.5. The summed E-state index contributed by atoms with van der Waals surface area (Å²) in [5.41, 5.74) is 8.07. The van der Waals surface area contributed by atoms with Crippen molar-refractivity contribution in [2.75, 3.05) is 12.8 Å². The Morgan fingerprint density at radius 1 is 1.29 bits per heavy atom. The van der Waals surface area contributed by atoms with Crippen LogP contribution in [-0.2, 0) is 4.74 Å². The zero-order valence-electron chi connectivity index (χ0n) is 11.6. The number of aromatic nitrogens is 4. The molecule has 2 N–H and O–H groups in total. The molecule has 0 saturated heterocycles. The molecule has 0 aliphatic rings. The molecule has 7 heteroatoms. The molecule has 3 aromatic rings. The number of nitrogens with two attached hydrogens (primary N) is 1. The number of nitrogens with zero attached hydrogens (tertiary/aromatic N) is 4. The number of hydrogen-bond donors (Lipinski definition) is 1. The van der Waals surface area contributed by atoms with Crippen LogP contribution in [0, 0.1) is 0 Å². The molecule has 0 bridgehead atoms. The van der Waals surface area contributed by atoms with Gasteiger partial charge in [-0.2, -0.15) is 0 Å². The Morgan fingerprint density at radius 3 is 2.81 bits per heavy atom. The molecule has 0 spiro atoms. The smallest absolute Gasteiger partial charge is 0.164 e. The van der Waals surface area contributed by atoms with Gasteiger partial charge in [-0.05, 0) is 31.2 Å². The predicted molar refractivity (Wildman–Crippen MR) is 81.9 cm³/mol. The van der Waals surface area contributed by atoms with Crippen LogP contribution in [0.1, 0.15) is 13.2 Å². The van der Waals surface area contributed by atoms with Crippen LogP contribution < -0.4 is 5.73 Å². The van der Waals surface area contributed by atoms with Crippen LogP contribution in [-0.4, -0.2) is 26.6 Å². The summed E-state index contributed by atoms with van der Waals surface area (Å²) in [5, 5.41) is 0.401. The largest absolute Gasteiger partial charge is 0.383 e. The number of pyridine rings is 2. The van der Waals surface area contributed by atoms with Gasteiger partial charge in [0.05, 0.1) is 5.56 Å². The molecule has 0 amide bonds. The van der Waals surface area contributed by atoms with Crippen molar-refractivity contribution >= 4 is 28.6 Å². The minimum atomic E-state index is -0.268. The number of halogens is 1. The molecule has 6 nitrogen and oxygen atoms in total. The number of nitrogen functional groups attached to an aromatic ring is 1. The summed E-state index contributed by atoms with van der Waals surface area (Å²) in [7, 11) is 1.62. The first kappa shape index (κ1) is 13.8. The molecule has 1 atom stereocenters. The van der Waals surface area contributed by atoms with Crippen molar-refractivity contribution in [1.29, 1.82) is 0 Å². The standard InChI is InChI=1S/C14H14ClN5O/c1-8(21-2)20-13(9-4-3-7-17-12(9)16)18-10-5-6-11(15)19-14(10)20/h3-8H,1-2H3,(H2,16,17). The molecule has 0 aliphatic heterocycles. The van der Waals surface area contributed by atoms with Crippen LogP contribution in [0.2, 0.25) is 5.15 Å². The molecular formula is C14H14ClN5O. The first-order chi connectivity index (χ1) is 10.1. The van der Waals surface area contributed by atoms with Gasteiger partial charge in [-0.15, -0.1) is 0 Å². The number of methoxy groups -OCH3 is 1. The number of rotatable bonds is 3. The van der Waals surface area contributed by atoms with Crippen LogP contribution in [0.3, 0.4) is 0 Å². The minimum absolute atomic E-state index is 0.268. The Labute approximate surface area is 126 Å². The molecule has 0 saturated carbocycles. The summed E-state index contributed by atoms with van der Waals surface area (Å²) in [6, 6.07) is 7.20. The number of fused-ring (bicyclic) bond motifs is 1. The summed E-state index contributed by atoms with van der Waals surface area (Å²) < 4.78 is 7.28. The summed E-state index contributed by atoms with van der Waals surface area (Å²) in [6.07, 6.45) is 1.37. The Bertz CT molecular complexity index is 801. The van der Waals surface area contributed by atoms with E-state index in [0.29, 0.717) is 22.4 Å². The maximum absolute atomic E-state index is 5.99. The second kappa shape index (κ2) is 5.31. The Kier molecular flexibility index (Phi) is 3.48. The quantitative estimate of drug-likeness (QED) is 0.753. The van der Waals surface area contributed by atoms with E-state index in [-0.39, 0.29) is 6.23 Å². The fourth-order valence-corrected chi connectivity index (χ4v) is 2.34. The van der Waals surface area contributed by atoms with Gasteiger partial charge >= 0.3 is 0 Å². The van der Waals surface area contributed by atoms with E-state index in [9.17, 15) is 0 Å². The highest BCUT2D eigenvalue weighted by Gasteiger charge is 2.20. The Hall–Kier alpha value is -2.18. The van der Waals surface area contributed by atoms with Crippen LogP contribution in [0.5, 0.6) is 0 Å². The SMILES string of the molecule is COC(C)n1c(-c2cccnc2N)nc2ccc(Cl)nc21. The lowest BCUT2D eigenvalue weighted by Gasteiger charge is -2.15. The highest BCUT2D eigenvalue weighted by molar-refractivity contribution is 6.29. The Morgan fingerprint density at radius 2 is 2.10 bits per heavy atom. The van der Waals surface area contributed by atoms with E-state index in [1.54, 1.807) is 19.4 Å². The third-order valence-corrected chi connectivity index (χ3v) is 3.50. The molecule has 0 aromatic carbocycles. The molecule has 108 valence electrons. The monoisotopic (exact) mass is 303 g/mol. The van der Waals surface area contributed by atoms with Gasteiger partial charge in [0.15, 0.2) is 5.65 Å². The second-order valence-electron chi connectivity index (χ2n) is 4.55. The van der Waals surface area contributed by atoms with E-state index in [0.717, 1.165) is 11.1 Å². The third-order valence-electron chi connectivity index (χ3n) is 3.29. The van der Waals surface area contributed by atoms with Crippen molar-refractivity contribution in [2.24, 2.45) is 0 Å². The van der Waals surface area contributed by atoms with Gasteiger partial charge < -0.3 is 10.5 Å². The Balaban J connectivity index is 2.34. The minimum Gasteiger partial charge on any atom is -0.383 e. The van der Waals surface area contributed by atoms with Crippen LogP contribution in [0.15, 0.2) is 30.5 Å².